The summed E-state index contributed by atoms with van der Waals surface area (Å²) in [7, 11) is -3.35. The molecule has 1 saturated carbocycles. The predicted octanol–water partition coefficient (Wildman–Crippen LogP) is 2.60. The summed E-state index contributed by atoms with van der Waals surface area (Å²) < 4.78 is 22.3. The third-order valence-electron chi connectivity index (χ3n) is 4.13. The van der Waals surface area contributed by atoms with E-state index in [-0.39, 0.29) is 11.3 Å². The summed E-state index contributed by atoms with van der Waals surface area (Å²) in [6, 6.07) is 7.62. The van der Waals surface area contributed by atoms with Crippen molar-refractivity contribution in [1.82, 2.24) is 5.32 Å². The molecule has 0 saturated heterocycles. The first-order valence-corrected chi connectivity index (χ1v) is 9.55. The van der Waals surface area contributed by atoms with Crippen molar-refractivity contribution in [2.75, 3.05) is 12.8 Å². The van der Waals surface area contributed by atoms with E-state index >= 15 is 0 Å². The van der Waals surface area contributed by atoms with Gasteiger partial charge in [0.25, 0.3) is 0 Å². The Hall–Kier alpha value is -1.07. The third-order valence-corrected chi connectivity index (χ3v) is 6.38. The number of amides is 1. The third kappa shape index (κ3) is 3.82. The zero-order valence-electron chi connectivity index (χ0n) is 13.1. The molecule has 0 radical (unpaired) electrons. The van der Waals surface area contributed by atoms with E-state index in [1.165, 1.54) is 0 Å². The molecule has 0 heterocycles. The van der Waals surface area contributed by atoms with Gasteiger partial charge in [0.15, 0.2) is 14.6 Å². The van der Waals surface area contributed by atoms with Gasteiger partial charge in [-0.15, -0.1) is 0 Å². The molecule has 0 bridgehead atoms. The summed E-state index contributed by atoms with van der Waals surface area (Å²) in [6.07, 6.45) is 2.73. The highest BCUT2D eigenvalue weighted by Gasteiger charge is 2.58. The lowest BCUT2D eigenvalue weighted by atomic mass is 9.85. The van der Waals surface area contributed by atoms with Crippen molar-refractivity contribution in [3.05, 3.63) is 34.9 Å². The van der Waals surface area contributed by atoms with E-state index in [1.807, 2.05) is 38.1 Å². The molecule has 4 nitrogen and oxygen atoms in total. The summed E-state index contributed by atoms with van der Waals surface area (Å²) >= 11 is 5.98. The standard InChI is InChI=1S/C16H22ClNO3S/c1-15(2,10-12-5-4-6-13(17)9-12)11-18-14(19)16(7-8-16)22(3,20)21/h4-6,9H,7-8,10-11H2,1-3H3,(H,18,19). The lowest BCUT2D eigenvalue weighted by Gasteiger charge is -2.26. The maximum absolute atomic E-state index is 12.2. The van der Waals surface area contributed by atoms with Crippen LogP contribution in [-0.2, 0) is 21.1 Å². The Balaban J connectivity index is 1.97. The Bertz CT molecular complexity index is 678. The van der Waals surface area contributed by atoms with Gasteiger partial charge in [0.2, 0.25) is 5.91 Å². The summed E-state index contributed by atoms with van der Waals surface area (Å²) in [5.74, 6) is -0.367. The van der Waals surface area contributed by atoms with Crippen LogP contribution in [0.5, 0.6) is 0 Å². The minimum absolute atomic E-state index is 0.187. The van der Waals surface area contributed by atoms with Crippen LogP contribution in [0.25, 0.3) is 0 Å². The number of nitrogens with one attached hydrogen (secondary N) is 1. The molecule has 0 aliphatic heterocycles. The molecule has 122 valence electrons. The number of sulfone groups is 1. The van der Waals surface area contributed by atoms with Gasteiger partial charge in [-0.1, -0.05) is 37.6 Å². The van der Waals surface area contributed by atoms with Crippen molar-refractivity contribution in [3.8, 4) is 0 Å². The fourth-order valence-electron chi connectivity index (χ4n) is 2.62. The van der Waals surface area contributed by atoms with Gasteiger partial charge in [-0.2, -0.15) is 0 Å². The van der Waals surface area contributed by atoms with E-state index in [0.717, 1.165) is 18.2 Å². The van der Waals surface area contributed by atoms with E-state index in [1.54, 1.807) is 0 Å². The normalized spacial score (nSPS) is 17.1. The van der Waals surface area contributed by atoms with Crippen LogP contribution in [0.15, 0.2) is 24.3 Å². The number of hydrogen-bond acceptors (Lipinski definition) is 3. The van der Waals surface area contributed by atoms with Crippen molar-refractivity contribution in [1.29, 1.82) is 0 Å². The molecule has 0 unspecified atom stereocenters. The van der Waals surface area contributed by atoms with E-state index in [9.17, 15) is 13.2 Å². The first-order chi connectivity index (χ1) is 10.1. The smallest absolute Gasteiger partial charge is 0.241 e. The van der Waals surface area contributed by atoms with Gasteiger partial charge in [-0.25, -0.2) is 8.42 Å². The zero-order chi connectivity index (χ0) is 16.6. The average Bonchev–Trinajstić information content (AvgIpc) is 3.16. The number of benzene rings is 1. The van der Waals surface area contributed by atoms with Gasteiger partial charge in [0.1, 0.15) is 0 Å². The van der Waals surface area contributed by atoms with Crippen LogP contribution in [0, 0.1) is 5.41 Å². The van der Waals surface area contributed by atoms with Crippen LogP contribution < -0.4 is 5.32 Å². The number of carbonyl (C=O) groups is 1. The zero-order valence-corrected chi connectivity index (χ0v) is 14.7. The molecule has 1 aliphatic rings. The van der Waals surface area contributed by atoms with Crippen molar-refractivity contribution >= 4 is 27.3 Å². The van der Waals surface area contributed by atoms with Crippen LogP contribution >= 0.6 is 11.6 Å². The molecule has 1 aromatic rings. The first kappa shape index (κ1) is 17.3. The van der Waals surface area contributed by atoms with Crippen LogP contribution in [0.3, 0.4) is 0 Å². The Morgan fingerprint density at radius 1 is 1.36 bits per heavy atom. The van der Waals surface area contributed by atoms with Gasteiger partial charge < -0.3 is 5.32 Å². The molecule has 0 aromatic heterocycles. The second kappa shape index (κ2) is 5.85. The maximum Gasteiger partial charge on any atom is 0.241 e. The topological polar surface area (TPSA) is 63.2 Å². The van der Waals surface area contributed by atoms with Crippen LogP contribution in [-0.4, -0.2) is 31.9 Å². The van der Waals surface area contributed by atoms with E-state index in [0.29, 0.717) is 24.4 Å². The first-order valence-electron chi connectivity index (χ1n) is 7.28. The predicted molar refractivity (Wildman–Crippen MR) is 88.8 cm³/mol. The monoisotopic (exact) mass is 343 g/mol. The Morgan fingerprint density at radius 3 is 2.50 bits per heavy atom. The van der Waals surface area contributed by atoms with Gasteiger partial charge in [-0.3, -0.25) is 4.79 Å². The van der Waals surface area contributed by atoms with Crippen molar-refractivity contribution in [3.63, 3.8) is 0 Å². The summed E-state index contributed by atoms with van der Waals surface area (Å²) in [5.41, 5.74) is 0.907. The van der Waals surface area contributed by atoms with Gasteiger partial charge in [-0.05, 0) is 42.4 Å². The summed E-state index contributed by atoms with van der Waals surface area (Å²) in [4.78, 5) is 12.2. The molecular formula is C16H22ClNO3S. The highest BCUT2D eigenvalue weighted by Crippen LogP contribution is 2.43. The lowest BCUT2D eigenvalue weighted by Crippen LogP contribution is -2.45. The van der Waals surface area contributed by atoms with Crippen molar-refractivity contribution in [2.24, 2.45) is 5.41 Å². The quantitative estimate of drug-likeness (QED) is 0.863. The summed E-state index contributed by atoms with van der Waals surface area (Å²) in [6.45, 7) is 4.50. The molecule has 1 fully saturated rings. The van der Waals surface area contributed by atoms with Crippen LogP contribution in [0.1, 0.15) is 32.3 Å². The molecule has 1 amide bonds. The second-order valence-corrected chi connectivity index (χ2v) is 9.68. The fourth-order valence-corrected chi connectivity index (χ4v) is 4.09. The number of hydrogen-bond donors (Lipinski definition) is 1. The Kier molecular flexibility index (Phi) is 4.60. The SMILES string of the molecule is CC(C)(CNC(=O)C1(S(C)(=O)=O)CC1)Cc1cccc(Cl)c1. The fraction of sp³-hybridized carbons (Fsp3) is 0.562. The molecule has 0 atom stereocenters. The molecule has 6 heteroatoms. The van der Waals surface area contributed by atoms with Crippen molar-refractivity contribution < 1.29 is 13.2 Å². The Morgan fingerprint density at radius 2 is 2.00 bits per heavy atom. The van der Waals surface area contributed by atoms with Crippen LogP contribution in [0.4, 0.5) is 0 Å². The molecule has 1 N–H and O–H groups in total. The average molecular weight is 344 g/mol. The number of rotatable bonds is 6. The van der Waals surface area contributed by atoms with E-state index < -0.39 is 14.6 Å². The molecule has 1 aromatic carbocycles. The molecule has 22 heavy (non-hydrogen) atoms. The minimum Gasteiger partial charge on any atom is -0.354 e. The number of carbonyl (C=O) groups excluding carboxylic acids is 1. The van der Waals surface area contributed by atoms with E-state index in [4.69, 9.17) is 11.6 Å². The highest BCUT2D eigenvalue weighted by atomic mass is 35.5. The van der Waals surface area contributed by atoms with Gasteiger partial charge >= 0.3 is 0 Å². The maximum atomic E-state index is 12.2. The molecule has 1 aliphatic carbocycles. The van der Waals surface area contributed by atoms with Gasteiger partial charge in [0.05, 0.1) is 0 Å². The molecular weight excluding hydrogens is 322 g/mol. The molecule has 0 spiro atoms. The highest BCUT2D eigenvalue weighted by molar-refractivity contribution is 7.93. The van der Waals surface area contributed by atoms with E-state index in [2.05, 4.69) is 5.32 Å². The number of halogens is 1. The Labute approximate surface area is 137 Å². The largest absolute Gasteiger partial charge is 0.354 e. The summed E-state index contributed by atoms with van der Waals surface area (Å²) in [5, 5.41) is 3.50. The van der Waals surface area contributed by atoms with Gasteiger partial charge in [0, 0.05) is 17.8 Å². The van der Waals surface area contributed by atoms with Crippen molar-refractivity contribution in [2.45, 2.75) is 37.9 Å². The molecule has 2 rings (SSSR count). The lowest BCUT2D eigenvalue weighted by molar-refractivity contribution is -0.121. The van der Waals surface area contributed by atoms with Crippen LogP contribution in [0.2, 0.25) is 5.02 Å². The second-order valence-electron chi connectivity index (χ2n) is 6.92. The minimum atomic E-state index is -3.35.